The van der Waals surface area contributed by atoms with E-state index in [9.17, 15) is 4.79 Å². The Kier molecular flexibility index (Phi) is 3.94. The van der Waals surface area contributed by atoms with Crippen molar-refractivity contribution in [1.82, 2.24) is 14.9 Å². The number of hydrogen-bond acceptors (Lipinski definition) is 3. The second kappa shape index (κ2) is 5.50. The van der Waals surface area contributed by atoms with Crippen molar-refractivity contribution in [3.8, 4) is 0 Å². The van der Waals surface area contributed by atoms with Gasteiger partial charge in [0.1, 0.15) is 5.82 Å². The highest BCUT2D eigenvalue weighted by Gasteiger charge is 2.22. The van der Waals surface area contributed by atoms with Crippen LogP contribution in [0.3, 0.4) is 0 Å². The van der Waals surface area contributed by atoms with Gasteiger partial charge in [-0.2, -0.15) is 0 Å². The first-order chi connectivity index (χ1) is 9.43. The summed E-state index contributed by atoms with van der Waals surface area (Å²) in [6.07, 6.45) is -1.01. The summed E-state index contributed by atoms with van der Waals surface area (Å²) in [5.74, 6) is 0.814. The van der Waals surface area contributed by atoms with Crippen molar-refractivity contribution in [2.24, 2.45) is 11.1 Å². The molecule has 20 heavy (non-hydrogen) atoms. The number of hydrogen-bond donors (Lipinski definition) is 3. The summed E-state index contributed by atoms with van der Waals surface area (Å²) in [6, 6.07) is 7.86. The van der Waals surface area contributed by atoms with E-state index in [2.05, 4.69) is 14.9 Å². The van der Waals surface area contributed by atoms with Crippen LogP contribution in [0.5, 0.6) is 0 Å². The molecule has 0 unspecified atom stereocenters. The molecule has 4 N–H and O–H groups in total. The fourth-order valence-electron chi connectivity index (χ4n) is 2.26. The standard InChI is InChI=1S/C14H20N4O2/c1-14(2,8-16-13(19)20)9-18-11-6-4-3-5-10(11)17-12(18)7-15/h3-6,16H,7-9,15H2,1-2H3,(H,19,20). The van der Waals surface area contributed by atoms with Gasteiger partial charge in [-0.1, -0.05) is 26.0 Å². The molecular weight excluding hydrogens is 256 g/mol. The molecule has 0 saturated heterocycles. The van der Waals surface area contributed by atoms with E-state index in [0.29, 0.717) is 19.6 Å². The summed E-state index contributed by atoms with van der Waals surface area (Å²) in [4.78, 5) is 15.1. The first-order valence-corrected chi connectivity index (χ1v) is 6.54. The maximum Gasteiger partial charge on any atom is 0.404 e. The van der Waals surface area contributed by atoms with Gasteiger partial charge in [-0.05, 0) is 12.1 Å². The quantitative estimate of drug-likeness (QED) is 0.776. The van der Waals surface area contributed by atoms with Gasteiger partial charge in [0.05, 0.1) is 17.6 Å². The Balaban J connectivity index is 2.30. The summed E-state index contributed by atoms with van der Waals surface area (Å²) < 4.78 is 2.07. The van der Waals surface area contributed by atoms with E-state index < -0.39 is 6.09 Å². The van der Waals surface area contributed by atoms with Crippen molar-refractivity contribution in [2.75, 3.05) is 6.54 Å². The molecule has 6 heteroatoms. The van der Waals surface area contributed by atoms with Crippen LogP contribution in [0.2, 0.25) is 0 Å². The lowest BCUT2D eigenvalue weighted by Crippen LogP contribution is -2.36. The molecule has 0 aliphatic rings. The van der Waals surface area contributed by atoms with Crippen LogP contribution >= 0.6 is 0 Å². The normalized spacial score (nSPS) is 11.8. The number of fused-ring (bicyclic) bond motifs is 1. The largest absolute Gasteiger partial charge is 0.465 e. The molecule has 0 fully saturated rings. The van der Waals surface area contributed by atoms with Gasteiger partial charge in [0.15, 0.2) is 0 Å². The van der Waals surface area contributed by atoms with Crippen molar-refractivity contribution in [2.45, 2.75) is 26.9 Å². The minimum Gasteiger partial charge on any atom is -0.465 e. The zero-order chi connectivity index (χ0) is 14.8. The van der Waals surface area contributed by atoms with E-state index in [0.717, 1.165) is 16.9 Å². The fraction of sp³-hybridized carbons (Fsp3) is 0.429. The molecule has 0 spiro atoms. The van der Waals surface area contributed by atoms with Crippen LogP contribution in [0.25, 0.3) is 11.0 Å². The van der Waals surface area contributed by atoms with Crippen LogP contribution in [0.15, 0.2) is 24.3 Å². The van der Waals surface area contributed by atoms with Crippen LogP contribution in [0.4, 0.5) is 4.79 Å². The number of nitrogens with two attached hydrogens (primary N) is 1. The van der Waals surface area contributed by atoms with Gasteiger partial charge in [0.2, 0.25) is 0 Å². The number of nitrogens with one attached hydrogen (secondary N) is 1. The number of para-hydroxylation sites is 2. The number of carbonyl (C=O) groups is 1. The Morgan fingerprint density at radius 3 is 2.80 bits per heavy atom. The molecule has 0 bridgehead atoms. The monoisotopic (exact) mass is 276 g/mol. The molecule has 1 heterocycles. The third-order valence-electron chi connectivity index (χ3n) is 3.22. The number of nitrogens with zero attached hydrogens (tertiary/aromatic N) is 2. The van der Waals surface area contributed by atoms with Gasteiger partial charge >= 0.3 is 6.09 Å². The number of carboxylic acid groups (broad SMARTS) is 1. The van der Waals surface area contributed by atoms with E-state index >= 15 is 0 Å². The molecule has 108 valence electrons. The summed E-state index contributed by atoms with van der Waals surface area (Å²) in [7, 11) is 0. The SMILES string of the molecule is CC(C)(CNC(=O)O)Cn1c(CN)nc2ccccc21. The van der Waals surface area contributed by atoms with Crippen molar-refractivity contribution >= 4 is 17.1 Å². The Morgan fingerprint density at radius 1 is 1.45 bits per heavy atom. The van der Waals surface area contributed by atoms with E-state index in [1.807, 2.05) is 38.1 Å². The zero-order valence-corrected chi connectivity index (χ0v) is 11.8. The van der Waals surface area contributed by atoms with E-state index in [-0.39, 0.29) is 5.41 Å². The molecular formula is C14H20N4O2. The highest BCUT2D eigenvalue weighted by Crippen LogP contribution is 2.23. The van der Waals surface area contributed by atoms with Crippen LogP contribution < -0.4 is 11.1 Å². The number of imidazole rings is 1. The van der Waals surface area contributed by atoms with Crippen LogP contribution in [-0.2, 0) is 13.1 Å². The molecule has 0 atom stereocenters. The smallest absolute Gasteiger partial charge is 0.404 e. The maximum absolute atomic E-state index is 10.6. The molecule has 1 amide bonds. The Hall–Kier alpha value is -2.08. The second-order valence-electron chi connectivity index (χ2n) is 5.63. The van der Waals surface area contributed by atoms with E-state index in [1.165, 1.54) is 0 Å². The van der Waals surface area contributed by atoms with Crippen molar-refractivity contribution in [3.05, 3.63) is 30.1 Å². The summed E-state index contributed by atoms with van der Waals surface area (Å²) in [5, 5.41) is 11.2. The lowest BCUT2D eigenvalue weighted by atomic mass is 9.93. The summed E-state index contributed by atoms with van der Waals surface area (Å²) >= 11 is 0. The van der Waals surface area contributed by atoms with Crippen molar-refractivity contribution in [3.63, 3.8) is 0 Å². The molecule has 1 aromatic heterocycles. The Morgan fingerprint density at radius 2 is 2.15 bits per heavy atom. The molecule has 2 aromatic rings. The fourth-order valence-corrected chi connectivity index (χ4v) is 2.26. The van der Waals surface area contributed by atoms with Crippen LogP contribution in [-0.4, -0.2) is 27.3 Å². The maximum atomic E-state index is 10.6. The van der Waals surface area contributed by atoms with Gasteiger partial charge in [0.25, 0.3) is 0 Å². The highest BCUT2D eigenvalue weighted by atomic mass is 16.4. The van der Waals surface area contributed by atoms with Crippen molar-refractivity contribution < 1.29 is 9.90 Å². The summed E-state index contributed by atoms with van der Waals surface area (Å²) in [5.41, 5.74) is 7.47. The molecule has 2 rings (SSSR count). The molecule has 1 aromatic carbocycles. The molecule has 0 radical (unpaired) electrons. The van der Waals surface area contributed by atoms with Crippen LogP contribution in [0.1, 0.15) is 19.7 Å². The second-order valence-corrected chi connectivity index (χ2v) is 5.63. The van der Waals surface area contributed by atoms with Gasteiger partial charge < -0.3 is 20.7 Å². The first kappa shape index (κ1) is 14.3. The van der Waals surface area contributed by atoms with E-state index in [4.69, 9.17) is 10.8 Å². The first-order valence-electron chi connectivity index (χ1n) is 6.54. The van der Waals surface area contributed by atoms with Gasteiger partial charge in [0, 0.05) is 18.5 Å². The Labute approximate surface area is 117 Å². The van der Waals surface area contributed by atoms with Gasteiger partial charge in [-0.3, -0.25) is 0 Å². The average molecular weight is 276 g/mol. The van der Waals surface area contributed by atoms with E-state index in [1.54, 1.807) is 0 Å². The minimum atomic E-state index is -1.01. The molecule has 0 aliphatic carbocycles. The van der Waals surface area contributed by atoms with Gasteiger partial charge in [-0.15, -0.1) is 0 Å². The number of rotatable bonds is 5. The topological polar surface area (TPSA) is 93.2 Å². The third kappa shape index (κ3) is 3.08. The predicted molar refractivity (Wildman–Crippen MR) is 77.4 cm³/mol. The third-order valence-corrected chi connectivity index (χ3v) is 3.22. The number of amides is 1. The predicted octanol–water partition coefficient (Wildman–Crippen LogP) is 1.79. The number of aromatic nitrogens is 2. The lowest BCUT2D eigenvalue weighted by Gasteiger charge is -2.26. The molecule has 6 nitrogen and oxygen atoms in total. The van der Waals surface area contributed by atoms with Crippen LogP contribution in [0, 0.1) is 5.41 Å². The lowest BCUT2D eigenvalue weighted by molar-refractivity contribution is 0.185. The highest BCUT2D eigenvalue weighted by molar-refractivity contribution is 5.75. The molecule has 0 saturated carbocycles. The molecule has 0 aliphatic heterocycles. The minimum absolute atomic E-state index is 0.230. The average Bonchev–Trinajstić information content (AvgIpc) is 2.74. The number of benzene rings is 1. The Bertz CT molecular complexity index is 619. The summed E-state index contributed by atoms with van der Waals surface area (Å²) in [6.45, 7) is 5.41. The van der Waals surface area contributed by atoms with Crippen molar-refractivity contribution in [1.29, 1.82) is 0 Å². The van der Waals surface area contributed by atoms with Gasteiger partial charge in [-0.25, -0.2) is 9.78 Å². The zero-order valence-electron chi connectivity index (χ0n) is 11.8.